The fourth-order valence-electron chi connectivity index (χ4n) is 1.95. The molecule has 0 fully saturated rings. The van der Waals surface area contributed by atoms with Gasteiger partial charge < -0.3 is 0 Å². The van der Waals surface area contributed by atoms with Crippen molar-refractivity contribution in [3.63, 3.8) is 0 Å². The molecule has 0 saturated carbocycles. The summed E-state index contributed by atoms with van der Waals surface area (Å²) in [5, 5.41) is 4.55. The molecular weight excluding hydrogens is 266 g/mol. The Labute approximate surface area is 104 Å². The van der Waals surface area contributed by atoms with Gasteiger partial charge in [-0.15, -0.1) is 0 Å². The summed E-state index contributed by atoms with van der Waals surface area (Å²) in [6.45, 7) is 6.30. The first-order valence-electron chi connectivity index (χ1n) is 5.29. The van der Waals surface area contributed by atoms with E-state index in [-0.39, 0.29) is 0 Å². The molecule has 2 aromatic heterocycles. The largest absolute Gasteiger partial charge is 0.261 e. The van der Waals surface area contributed by atoms with E-state index in [1.54, 1.807) is 6.20 Å². The topological polar surface area (TPSA) is 30.7 Å². The highest BCUT2D eigenvalue weighted by Crippen LogP contribution is 2.19. The summed E-state index contributed by atoms with van der Waals surface area (Å²) in [5.41, 5.74) is 4.61. The molecule has 4 heteroatoms. The highest BCUT2D eigenvalue weighted by Gasteiger charge is 2.11. The summed E-state index contributed by atoms with van der Waals surface area (Å²) in [6, 6.07) is 2.02. The van der Waals surface area contributed by atoms with E-state index < -0.39 is 0 Å². The van der Waals surface area contributed by atoms with Gasteiger partial charge in [-0.05, 0) is 47.8 Å². The first kappa shape index (κ1) is 11.3. The van der Waals surface area contributed by atoms with Crippen molar-refractivity contribution in [3.05, 3.63) is 39.9 Å². The highest BCUT2D eigenvalue weighted by molar-refractivity contribution is 9.10. The number of aryl methyl sites for hydroxylation is 1. The van der Waals surface area contributed by atoms with Gasteiger partial charge in [-0.2, -0.15) is 5.10 Å². The van der Waals surface area contributed by atoms with E-state index >= 15 is 0 Å². The van der Waals surface area contributed by atoms with Crippen molar-refractivity contribution in [1.82, 2.24) is 14.8 Å². The zero-order chi connectivity index (χ0) is 11.7. The van der Waals surface area contributed by atoms with Crippen molar-refractivity contribution in [3.8, 4) is 5.69 Å². The fraction of sp³-hybridized carbons (Fsp3) is 0.333. The predicted molar refractivity (Wildman–Crippen MR) is 67.9 cm³/mol. The summed E-state index contributed by atoms with van der Waals surface area (Å²) >= 11 is 3.42. The van der Waals surface area contributed by atoms with Gasteiger partial charge in [-0.25, -0.2) is 4.68 Å². The van der Waals surface area contributed by atoms with Crippen LogP contribution in [0.25, 0.3) is 5.69 Å². The van der Waals surface area contributed by atoms with Crippen molar-refractivity contribution in [2.24, 2.45) is 0 Å². The van der Waals surface area contributed by atoms with Crippen molar-refractivity contribution < 1.29 is 0 Å². The number of nitrogens with zero attached hydrogens (tertiary/aromatic N) is 3. The smallest absolute Gasteiger partial charge is 0.0843 e. The quantitative estimate of drug-likeness (QED) is 0.845. The summed E-state index contributed by atoms with van der Waals surface area (Å²) < 4.78 is 2.92. The van der Waals surface area contributed by atoms with Gasteiger partial charge in [0.05, 0.1) is 17.6 Å². The molecule has 2 aromatic rings. The second kappa shape index (κ2) is 4.37. The summed E-state index contributed by atoms with van der Waals surface area (Å²) in [5.74, 6) is 0. The zero-order valence-corrected chi connectivity index (χ0v) is 11.2. The number of hydrogen-bond acceptors (Lipinski definition) is 2. The maximum absolute atomic E-state index is 4.55. The molecule has 0 aliphatic heterocycles. The summed E-state index contributed by atoms with van der Waals surface area (Å²) in [6.07, 6.45) is 4.61. The Balaban J connectivity index is 2.56. The first-order chi connectivity index (χ1) is 7.63. The van der Waals surface area contributed by atoms with Gasteiger partial charge in [0.25, 0.3) is 0 Å². The minimum atomic E-state index is 0.968. The maximum atomic E-state index is 4.55. The Morgan fingerprint density at radius 3 is 2.62 bits per heavy atom. The summed E-state index contributed by atoms with van der Waals surface area (Å²) in [7, 11) is 0. The van der Waals surface area contributed by atoms with Gasteiger partial charge in [-0.3, -0.25) is 4.98 Å². The molecule has 0 aliphatic rings. The molecule has 0 saturated heterocycles. The van der Waals surface area contributed by atoms with Crippen LogP contribution in [0.4, 0.5) is 0 Å². The molecule has 0 aliphatic carbocycles. The van der Waals surface area contributed by atoms with Crippen molar-refractivity contribution >= 4 is 15.9 Å². The fourth-order valence-corrected chi connectivity index (χ4v) is 2.31. The van der Waals surface area contributed by atoms with E-state index in [0.717, 1.165) is 22.3 Å². The first-order valence-corrected chi connectivity index (χ1v) is 6.08. The van der Waals surface area contributed by atoms with E-state index in [2.05, 4.69) is 39.9 Å². The third-order valence-corrected chi connectivity index (χ3v) is 3.16. The average molecular weight is 280 g/mol. The van der Waals surface area contributed by atoms with Crippen molar-refractivity contribution in [2.75, 3.05) is 0 Å². The molecular formula is C12H14BrN3. The molecule has 84 valence electrons. The minimum absolute atomic E-state index is 0.968. The number of pyridine rings is 1. The van der Waals surface area contributed by atoms with Crippen LogP contribution < -0.4 is 0 Å². The molecule has 0 bridgehead atoms. The van der Waals surface area contributed by atoms with Gasteiger partial charge >= 0.3 is 0 Å². The Bertz CT molecular complexity index is 517. The number of halogens is 1. The van der Waals surface area contributed by atoms with Gasteiger partial charge in [0.1, 0.15) is 0 Å². The van der Waals surface area contributed by atoms with Gasteiger partial charge in [0.15, 0.2) is 0 Å². The highest BCUT2D eigenvalue weighted by atomic mass is 79.9. The lowest BCUT2D eigenvalue weighted by atomic mass is 10.1. The van der Waals surface area contributed by atoms with Crippen LogP contribution >= 0.6 is 15.9 Å². The van der Waals surface area contributed by atoms with Crippen molar-refractivity contribution in [2.45, 2.75) is 27.2 Å². The minimum Gasteiger partial charge on any atom is -0.261 e. The summed E-state index contributed by atoms with van der Waals surface area (Å²) in [4.78, 5) is 4.16. The van der Waals surface area contributed by atoms with E-state index in [1.807, 2.05) is 23.9 Å². The molecule has 3 nitrogen and oxygen atoms in total. The number of aromatic nitrogens is 3. The Kier molecular flexibility index (Phi) is 3.10. The molecule has 0 N–H and O–H groups in total. The van der Waals surface area contributed by atoms with Crippen LogP contribution in [0.2, 0.25) is 0 Å². The Hall–Kier alpha value is -1.16. The molecule has 0 atom stereocenters. The molecule has 2 heterocycles. The molecule has 0 radical (unpaired) electrons. The third-order valence-electron chi connectivity index (χ3n) is 2.73. The lowest BCUT2D eigenvalue weighted by Gasteiger charge is -2.04. The lowest BCUT2D eigenvalue weighted by Crippen LogP contribution is -2.00. The Morgan fingerprint density at radius 1 is 1.31 bits per heavy atom. The van der Waals surface area contributed by atoms with Crippen LogP contribution in [-0.4, -0.2) is 14.8 Å². The van der Waals surface area contributed by atoms with Crippen LogP contribution in [0, 0.1) is 13.8 Å². The number of rotatable bonds is 2. The molecule has 0 spiro atoms. The van der Waals surface area contributed by atoms with Crippen LogP contribution in [0.1, 0.15) is 23.9 Å². The monoisotopic (exact) mass is 279 g/mol. The zero-order valence-electron chi connectivity index (χ0n) is 9.66. The third kappa shape index (κ3) is 1.89. The molecule has 0 aromatic carbocycles. The van der Waals surface area contributed by atoms with Crippen LogP contribution in [0.3, 0.4) is 0 Å². The average Bonchev–Trinajstić information content (AvgIpc) is 2.54. The van der Waals surface area contributed by atoms with Crippen LogP contribution in [0.15, 0.2) is 22.9 Å². The van der Waals surface area contributed by atoms with Crippen LogP contribution in [-0.2, 0) is 6.42 Å². The molecule has 2 rings (SSSR count). The van der Waals surface area contributed by atoms with Gasteiger partial charge in [0, 0.05) is 16.4 Å². The van der Waals surface area contributed by atoms with Crippen LogP contribution in [0.5, 0.6) is 0 Å². The SMILES string of the molecule is CCc1c(C)nn(-c2cncc(Br)c2)c1C. The number of hydrogen-bond donors (Lipinski definition) is 0. The van der Waals surface area contributed by atoms with E-state index in [4.69, 9.17) is 0 Å². The van der Waals surface area contributed by atoms with Gasteiger partial charge in [0.2, 0.25) is 0 Å². The predicted octanol–water partition coefficient (Wildman–Crippen LogP) is 3.21. The standard InChI is InChI=1S/C12H14BrN3/c1-4-12-8(2)15-16(9(12)3)11-5-10(13)6-14-7-11/h5-7H,4H2,1-3H3. The second-order valence-electron chi connectivity index (χ2n) is 3.78. The van der Waals surface area contributed by atoms with Gasteiger partial charge in [-0.1, -0.05) is 6.92 Å². The van der Waals surface area contributed by atoms with E-state index in [0.29, 0.717) is 0 Å². The Morgan fingerprint density at radius 2 is 2.06 bits per heavy atom. The molecule has 16 heavy (non-hydrogen) atoms. The second-order valence-corrected chi connectivity index (χ2v) is 4.69. The van der Waals surface area contributed by atoms with Crippen molar-refractivity contribution in [1.29, 1.82) is 0 Å². The normalized spacial score (nSPS) is 10.8. The maximum Gasteiger partial charge on any atom is 0.0843 e. The molecule has 0 amide bonds. The lowest BCUT2D eigenvalue weighted by molar-refractivity contribution is 0.826. The van der Waals surface area contributed by atoms with E-state index in [1.165, 1.54) is 11.3 Å². The molecule has 0 unspecified atom stereocenters. The van der Waals surface area contributed by atoms with E-state index in [9.17, 15) is 0 Å².